The first kappa shape index (κ1) is 14.9. The van der Waals surface area contributed by atoms with Crippen molar-refractivity contribution in [2.45, 2.75) is 33.2 Å². The summed E-state index contributed by atoms with van der Waals surface area (Å²) in [7, 11) is 0. The van der Waals surface area contributed by atoms with Gasteiger partial charge in [-0.1, -0.05) is 13.0 Å². The van der Waals surface area contributed by atoms with E-state index >= 15 is 0 Å². The highest BCUT2D eigenvalue weighted by Crippen LogP contribution is 2.14. The van der Waals surface area contributed by atoms with E-state index in [0.717, 1.165) is 23.5 Å². The fourth-order valence-corrected chi connectivity index (χ4v) is 2.48. The largest absolute Gasteiger partial charge is 0.398 e. The van der Waals surface area contributed by atoms with Gasteiger partial charge in [-0.05, 0) is 49.5 Å². The predicted octanol–water partition coefficient (Wildman–Crippen LogP) is 2.84. The third-order valence-corrected chi connectivity index (χ3v) is 3.66. The minimum absolute atomic E-state index is 0.0819. The monoisotopic (exact) mass is 266 g/mol. The highest BCUT2D eigenvalue weighted by Gasteiger charge is 2.12. The van der Waals surface area contributed by atoms with Gasteiger partial charge in [0.05, 0.1) is 5.56 Å². The summed E-state index contributed by atoms with van der Waals surface area (Å²) in [4.78, 5) is 12.0. The molecule has 0 bridgehead atoms. The Morgan fingerprint density at radius 3 is 2.83 bits per heavy atom. The van der Waals surface area contributed by atoms with Gasteiger partial charge in [-0.15, -0.1) is 0 Å². The highest BCUT2D eigenvalue weighted by molar-refractivity contribution is 7.99. The molecule has 0 aliphatic carbocycles. The molecule has 0 spiro atoms. The maximum atomic E-state index is 12.0. The minimum atomic E-state index is -0.0819. The summed E-state index contributed by atoms with van der Waals surface area (Å²) >= 11 is 1.89. The third-order valence-electron chi connectivity index (χ3n) is 2.73. The van der Waals surface area contributed by atoms with Gasteiger partial charge in [-0.3, -0.25) is 4.79 Å². The lowest BCUT2D eigenvalue weighted by atomic mass is 10.1. The van der Waals surface area contributed by atoms with Crippen LogP contribution in [0.1, 0.15) is 36.2 Å². The Balaban J connectivity index is 2.54. The summed E-state index contributed by atoms with van der Waals surface area (Å²) in [6, 6.07) is 5.69. The molecule has 0 aliphatic rings. The fraction of sp³-hybridized carbons (Fsp3) is 0.500. The molecule has 4 heteroatoms. The third kappa shape index (κ3) is 4.61. The highest BCUT2D eigenvalue weighted by atomic mass is 32.2. The summed E-state index contributed by atoms with van der Waals surface area (Å²) in [6.07, 6.45) is 0.982. The molecule has 1 aromatic carbocycles. The first-order chi connectivity index (χ1) is 8.54. The van der Waals surface area contributed by atoms with Gasteiger partial charge in [-0.2, -0.15) is 11.8 Å². The van der Waals surface area contributed by atoms with Crippen LogP contribution >= 0.6 is 11.8 Å². The van der Waals surface area contributed by atoms with Crippen molar-refractivity contribution in [3.63, 3.8) is 0 Å². The lowest BCUT2D eigenvalue weighted by Crippen LogP contribution is -2.33. The quantitative estimate of drug-likeness (QED) is 0.615. The normalized spacial score (nSPS) is 12.2. The lowest BCUT2D eigenvalue weighted by Gasteiger charge is -2.14. The van der Waals surface area contributed by atoms with Gasteiger partial charge in [0, 0.05) is 11.7 Å². The van der Waals surface area contributed by atoms with E-state index in [9.17, 15) is 4.79 Å². The molecule has 0 radical (unpaired) electrons. The zero-order valence-corrected chi connectivity index (χ0v) is 12.1. The fourth-order valence-electron chi connectivity index (χ4n) is 1.67. The van der Waals surface area contributed by atoms with Crippen molar-refractivity contribution in [1.82, 2.24) is 5.32 Å². The molecule has 3 N–H and O–H groups in total. The second-order valence-corrected chi connectivity index (χ2v) is 5.84. The Hall–Kier alpha value is -1.16. The number of carbonyl (C=O) groups excluding carboxylic acids is 1. The number of nitrogens with one attached hydrogen (secondary N) is 1. The molecule has 3 nitrogen and oxygen atoms in total. The number of hydrogen-bond acceptors (Lipinski definition) is 3. The number of carbonyl (C=O) groups is 1. The predicted molar refractivity (Wildman–Crippen MR) is 80.1 cm³/mol. The summed E-state index contributed by atoms with van der Waals surface area (Å²) in [5.74, 6) is 2.11. The summed E-state index contributed by atoms with van der Waals surface area (Å²) in [5, 5.41) is 2.98. The van der Waals surface area contributed by atoms with E-state index in [0.29, 0.717) is 11.3 Å². The number of nitrogen functional groups attached to an aromatic ring is 1. The van der Waals surface area contributed by atoms with Crippen LogP contribution in [0.5, 0.6) is 0 Å². The van der Waals surface area contributed by atoms with Crippen LogP contribution in [-0.2, 0) is 0 Å². The smallest absolute Gasteiger partial charge is 0.253 e. The SMILES string of the molecule is CCSCCC(C)NC(=O)c1ccc(C)cc1N. The molecule has 1 rings (SSSR count). The molecule has 0 aromatic heterocycles. The number of nitrogens with two attached hydrogens (primary N) is 1. The Morgan fingerprint density at radius 1 is 1.50 bits per heavy atom. The summed E-state index contributed by atoms with van der Waals surface area (Å²) < 4.78 is 0. The van der Waals surface area contributed by atoms with Crippen LogP contribution in [-0.4, -0.2) is 23.5 Å². The molecule has 18 heavy (non-hydrogen) atoms. The first-order valence-electron chi connectivity index (χ1n) is 6.29. The Morgan fingerprint density at radius 2 is 2.22 bits per heavy atom. The lowest BCUT2D eigenvalue weighted by molar-refractivity contribution is 0.0940. The van der Waals surface area contributed by atoms with Crippen molar-refractivity contribution in [2.24, 2.45) is 0 Å². The van der Waals surface area contributed by atoms with Crippen LogP contribution in [0.15, 0.2) is 18.2 Å². The van der Waals surface area contributed by atoms with Crippen LogP contribution in [0.3, 0.4) is 0 Å². The van der Waals surface area contributed by atoms with E-state index < -0.39 is 0 Å². The number of benzene rings is 1. The molecule has 1 atom stereocenters. The molecule has 100 valence electrons. The van der Waals surface area contributed by atoms with Crippen molar-refractivity contribution in [2.75, 3.05) is 17.2 Å². The second kappa shape index (κ2) is 7.31. The van der Waals surface area contributed by atoms with Crippen molar-refractivity contribution >= 4 is 23.4 Å². The van der Waals surface area contributed by atoms with Gasteiger partial charge in [0.2, 0.25) is 0 Å². The van der Waals surface area contributed by atoms with E-state index in [1.165, 1.54) is 0 Å². The Labute approximate surface area is 114 Å². The molecular formula is C14H22N2OS. The van der Waals surface area contributed by atoms with Crippen LogP contribution in [0.25, 0.3) is 0 Å². The standard InChI is InChI=1S/C14H22N2OS/c1-4-18-8-7-11(3)16-14(17)12-6-5-10(2)9-13(12)15/h5-6,9,11H,4,7-8,15H2,1-3H3,(H,16,17). The Bertz CT molecular complexity index is 407. The minimum Gasteiger partial charge on any atom is -0.398 e. The molecule has 0 heterocycles. The van der Waals surface area contributed by atoms with Crippen LogP contribution in [0.4, 0.5) is 5.69 Å². The van der Waals surface area contributed by atoms with E-state index in [4.69, 9.17) is 5.73 Å². The zero-order valence-electron chi connectivity index (χ0n) is 11.3. The maximum Gasteiger partial charge on any atom is 0.253 e. The summed E-state index contributed by atoms with van der Waals surface area (Å²) in [5.41, 5.74) is 8.03. The van der Waals surface area contributed by atoms with Crippen LogP contribution in [0, 0.1) is 6.92 Å². The number of rotatable bonds is 6. The van der Waals surface area contributed by atoms with Crippen LogP contribution < -0.4 is 11.1 Å². The van der Waals surface area contributed by atoms with Crippen molar-refractivity contribution in [1.29, 1.82) is 0 Å². The van der Waals surface area contributed by atoms with Gasteiger partial charge >= 0.3 is 0 Å². The number of thioether (sulfide) groups is 1. The number of amides is 1. The molecule has 0 saturated heterocycles. The van der Waals surface area contributed by atoms with E-state index in [1.54, 1.807) is 6.07 Å². The number of anilines is 1. The molecule has 1 amide bonds. The van der Waals surface area contributed by atoms with Gasteiger partial charge in [0.25, 0.3) is 5.91 Å². The van der Waals surface area contributed by atoms with Gasteiger partial charge < -0.3 is 11.1 Å². The summed E-state index contributed by atoms with van der Waals surface area (Å²) in [6.45, 7) is 6.13. The van der Waals surface area contributed by atoms with Crippen LogP contribution in [0.2, 0.25) is 0 Å². The number of aryl methyl sites for hydroxylation is 1. The molecule has 1 unspecified atom stereocenters. The topological polar surface area (TPSA) is 55.1 Å². The molecule has 0 aliphatic heterocycles. The van der Waals surface area contributed by atoms with E-state index in [2.05, 4.69) is 12.2 Å². The average molecular weight is 266 g/mol. The van der Waals surface area contributed by atoms with Gasteiger partial charge in [-0.25, -0.2) is 0 Å². The van der Waals surface area contributed by atoms with Gasteiger partial charge in [0.15, 0.2) is 0 Å². The van der Waals surface area contributed by atoms with E-state index in [-0.39, 0.29) is 11.9 Å². The molecule has 0 fully saturated rings. The molecular weight excluding hydrogens is 244 g/mol. The maximum absolute atomic E-state index is 12.0. The van der Waals surface area contributed by atoms with Crippen molar-refractivity contribution < 1.29 is 4.79 Å². The second-order valence-electron chi connectivity index (χ2n) is 4.45. The number of hydrogen-bond donors (Lipinski definition) is 2. The average Bonchev–Trinajstić information content (AvgIpc) is 2.28. The molecule has 1 aromatic rings. The zero-order chi connectivity index (χ0) is 13.5. The van der Waals surface area contributed by atoms with Gasteiger partial charge in [0.1, 0.15) is 0 Å². The first-order valence-corrected chi connectivity index (χ1v) is 7.44. The van der Waals surface area contributed by atoms with Crippen molar-refractivity contribution in [3.8, 4) is 0 Å². The molecule has 0 saturated carbocycles. The Kier molecular flexibility index (Phi) is 6.05. The van der Waals surface area contributed by atoms with E-state index in [1.807, 2.05) is 37.7 Å². The van der Waals surface area contributed by atoms with Crippen molar-refractivity contribution in [3.05, 3.63) is 29.3 Å².